The van der Waals surface area contributed by atoms with Crippen molar-refractivity contribution in [2.75, 3.05) is 5.32 Å². The van der Waals surface area contributed by atoms with Gasteiger partial charge >= 0.3 is 0 Å². The van der Waals surface area contributed by atoms with Crippen molar-refractivity contribution in [3.8, 4) is 33.4 Å². The minimum absolute atomic E-state index is 0.0335. The Morgan fingerprint density at radius 2 is 1.24 bits per heavy atom. The topological polar surface area (TPSA) is 24.1 Å². The third-order valence-electron chi connectivity index (χ3n) is 9.68. The molecule has 2 N–H and O–H groups in total. The molecule has 0 amide bonds. The molecule has 0 spiro atoms. The lowest BCUT2D eigenvalue weighted by Gasteiger charge is -2.38. The third-order valence-corrected chi connectivity index (χ3v) is 9.68. The average Bonchev–Trinajstić information content (AvgIpc) is 3.19. The van der Waals surface area contributed by atoms with Crippen LogP contribution in [0.4, 0.5) is 5.69 Å². The van der Waals surface area contributed by atoms with E-state index in [2.05, 4.69) is 146 Å². The van der Waals surface area contributed by atoms with Gasteiger partial charge in [0.25, 0.3) is 0 Å². The van der Waals surface area contributed by atoms with Crippen molar-refractivity contribution in [2.24, 2.45) is 0 Å². The zero-order valence-electron chi connectivity index (χ0n) is 23.2. The molecule has 6 aromatic carbocycles. The summed E-state index contributed by atoms with van der Waals surface area (Å²) in [6, 6.07) is 44.9. The number of benzene rings is 6. The van der Waals surface area contributed by atoms with E-state index in [4.69, 9.17) is 0 Å². The van der Waals surface area contributed by atoms with E-state index >= 15 is 0 Å². The van der Waals surface area contributed by atoms with Crippen molar-refractivity contribution in [1.29, 1.82) is 0 Å². The molecule has 1 aliphatic heterocycles. The summed E-state index contributed by atoms with van der Waals surface area (Å²) in [5, 5.41) is 10.6. The van der Waals surface area contributed by atoms with Gasteiger partial charge in [0.05, 0.1) is 6.04 Å². The first kappa shape index (κ1) is 23.1. The van der Waals surface area contributed by atoms with E-state index in [1.54, 1.807) is 0 Å². The SMILES string of the molecule is CC1(C)c2cccc3c2-c2c(ccc(C4Nc5ccccc5C(c5ccccc5)N4)c21)-c1cccc2cccc-3c12. The van der Waals surface area contributed by atoms with Crippen LogP contribution in [0.1, 0.15) is 53.9 Å². The quantitative estimate of drug-likeness (QED) is 0.234. The Hall–Kier alpha value is -4.66. The average molecular weight is 527 g/mol. The fourth-order valence-corrected chi connectivity index (χ4v) is 7.93. The molecular weight excluding hydrogens is 496 g/mol. The number of para-hydroxylation sites is 1. The molecule has 2 atom stereocenters. The summed E-state index contributed by atoms with van der Waals surface area (Å²) in [5.74, 6) is 0. The zero-order valence-corrected chi connectivity index (χ0v) is 23.2. The first-order chi connectivity index (χ1) is 20.1. The van der Waals surface area contributed by atoms with Gasteiger partial charge in [-0.25, -0.2) is 0 Å². The van der Waals surface area contributed by atoms with Gasteiger partial charge in [-0.2, -0.15) is 0 Å². The third kappa shape index (κ3) is 3.06. The molecule has 6 aromatic rings. The van der Waals surface area contributed by atoms with E-state index < -0.39 is 0 Å². The summed E-state index contributed by atoms with van der Waals surface area (Å²) < 4.78 is 0. The lowest BCUT2D eigenvalue weighted by Crippen LogP contribution is -2.38. The summed E-state index contributed by atoms with van der Waals surface area (Å²) in [6.45, 7) is 4.82. The minimum atomic E-state index is -0.144. The van der Waals surface area contributed by atoms with Crippen molar-refractivity contribution in [3.05, 3.63) is 149 Å². The molecule has 0 bridgehead atoms. The number of nitrogens with one attached hydrogen (secondary N) is 2. The highest BCUT2D eigenvalue weighted by atomic mass is 15.2. The Morgan fingerprint density at radius 1 is 0.561 bits per heavy atom. The Balaban J connectivity index is 1.32. The fourth-order valence-electron chi connectivity index (χ4n) is 7.93. The van der Waals surface area contributed by atoms with E-state index in [0.717, 1.165) is 0 Å². The molecule has 0 saturated heterocycles. The molecule has 3 aliphatic rings. The van der Waals surface area contributed by atoms with Crippen molar-refractivity contribution >= 4 is 16.5 Å². The Kier molecular flexibility index (Phi) is 4.61. The van der Waals surface area contributed by atoms with E-state index in [1.165, 1.54) is 77.7 Å². The lowest BCUT2D eigenvalue weighted by atomic mass is 9.77. The van der Waals surface area contributed by atoms with Gasteiger partial charge in [0.1, 0.15) is 6.17 Å². The van der Waals surface area contributed by atoms with Gasteiger partial charge in [-0.05, 0) is 78.0 Å². The van der Waals surface area contributed by atoms with Crippen LogP contribution < -0.4 is 10.6 Å². The van der Waals surface area contributed by atoms with Crippen molar-refractivity contribution in [3.63, 3.8) is 0 Å². The van der Waals surface area contributed by atoms with E-state index in [1.807, 2.05) is 0 Å². The molecule has 2 unspecified atom stereocenters. The zero-order chi connectivity index (χ0) is 27.3. The highest BCUT2D eigenvalue weighted by Crippen LogP contribution is 2.60. The Morgan fingerprint density at radius 3 is 2.05 bits per heavy atom. The van der Waals surface area contributed by atoms with Gasteiger partial charge in [-0.15, -0.1) is 0 Å². The standard InChI is InChI=1S/C39H30N2/c1-39(2)31-19-10-18-27-25-16-8-13-23-14-9-17-26(33(23)25)28-21-22-30(36(39)35(28)34(27)31)38-40-32-20-7-6-15-29(32)37(41-38)24-11-4-3-5-12-24/h3-22,37-38,40-41H,1-2H3. The van der Waals surface area contributed by atoms with Gasteiger partial charge in [0.2, 0.25) is 0 Å². The highest BCUT2D eigenvalue weighted by Gasteiger charge is 2.43. The highest BCUT2D eigenvalue weighted by molar-refractivity contribution is 6.15. The van der Waals surface area contributed by atoms with Gasteiger partial charge in [0, 0.05) is 11.1 Å². The lowest BCUT2D eigenvalue weighted by molar-refractivity contribution is 0.497. The van der Waals surface area contributed by atoms with Crippen molar-refractivity contribution in [2.45, 2.75) is 31.5 Å². The van der Waals surface area contributed by atoms with Crippen LogP contribution in [0.2, 0.25) is 0 Å². The maximum Gasteiger partial charge on any atom is 0.104 e. The molecule has 196 valence electrons. The van der Waals surface area contributed by atoms with Crippen LogP contribution in [0, 0.1) is 0 Å². The van der Waals surface area contributed by atoms with Gasteiger partial charge < -0.3 is 5.32 Å². The maximum absolute atomic E-state index is 4.03. The van der Waals surface area contributed by atoms with Crippen LogP contribution >= 0.6 is 0 Å². The van der Waals surface area contributed by atoms with Gasteiger partial charge in [0.15, 0.2) is 0 Å². The summed E-state index contributed by atoms with van der Waals surface area (Å²) in [4.78, 5) is 0. The number of rotatable bonds is 2. The van der Waals surface area contributed by atoms with Crippen LogP contribution in [0.5, 0.6) is 0 Å². The van der Waals surface area contributed by atoms with E-state index in [-0.39, 0.29) is 17.6 Å². The first-order valence-corrected chi connectivity index (χ1v) is 14.6. The van der Waals surface area contributed by atoms with Crippen molar-refractivity contribution in [1.82, 2.24) is 5.32 Å². The van der Waals surface area contributed by atoms with Crippen LogP contribution in [-0.2, 0) is 5.41 Å². The van der Waals surface area contributed by atoms with E-state index in [9.17, 15) is 0 Å². The van der Waals surface area contributed by atoms with Crippen molar-refractivity contribution < 1.29 is 0 Å². The molecule has 9 rings (SSSR count). The number of anilines is 1. The maximum atomic E-state index is 4.03. The van der Waals surface area contributed by atoms with Crippen LogP contribution in [-0.4, -0.2) is 0 Å². The largest absolute Gasteiger partial charge is 0.366 e. The predicted molar refractivity (Wildman–Crippen MR) is 170 cm³/mol. The molecule has 0 saturated carbocycles. The molecule has 2 aliphatic carbocycles. The normalized spacial score (nSPS) is 18.8. The Labute approximate surface area is 240 Å². The van der Waals surface area contributed by atoms with E-state index in [0.29, 0.717) is 0 Å². The van der Waals surface area contributed by atoms with Gasteiger partial charge in [-0.1, -0.05) is 129 Å². The van der Waals surface area contributed by atoms with Crippen LogP contribution in [0.15, 0.2) is 121 Å². The summed E-state index contributed by atoms with van der Waals surface area (Å²) >= 11 is 0. The summed E-state index contributed by atoms with van der Waals surface area (Å²) in [6.07, 6.45) is -0.0335. The first-order valence-electron chi connectivity index (χ1n) is 14.6. The second-order valence-electron chi connectivity index (χ2n) is 12.2. The second-order valence-corrected chi connectivity index (χ2v) is 12.2. The van der Waals surface area contributed by atoms with Crippen LogP contribution in [0.3, 0.4) is 0 Å². The number of fused-ring (bicyclic) bond motifs is 3. The summed E-state index contributed by atoms with van der Waals surface area (Å²) in [5.41, 5.74) is 16.0. The summed E-state index contributed by atoms with van der Waals surface area (Å²) in [7, 11) is 0. The molecule has 0 fully saturated rings. The molecule has 2 heteroatoms. The molecule has 2 nitrogen and oxygen atoms in total. The smallest absolute Gasteiger partial charge is 0.104 e. The molecule has 41 heavy (non-hydrogen) atoms. The molecule has 0 aromatic heterocycles. The number of hydrogen-bond acceptors (Lipinski definition) is 2. The second kappa shape index (κ2) is 8.19. The molecular formula is C39H30N2. The molecule has 1 heterocycles. The Bertz CT molecular complexity index is 2030. The predicted octanol–water partition coefficient (Wildman–Crippen LogP) is 9.60. The fraction of sp³-hybridized carbons (Fsp3) is 0.128. The van der Waals surface area contributed by atoms with Gasteiger partial charge in [-0.3, -0.25) is 5.32 Å². The monoisotopic (exact) mass is 526 g/mol. The van der Waals surface area contributed by atoms with Crippen LogP contribution in [0.25, 0.3) is 44.2 Å². The number of hydrogen-bond donors (Lipinski definition) is 2. The minimum Gasteiger partial charge on any atom is -0.366 e. The molecule has 0 radical (unpaired) electrons.